The molecule has 0 spiro atoms. The van der Waals surface area contributed by atoms with Gasteiger partial charge in [-0.15, -0.1) is 13.2 Å². The number of halogens is 3. The number of ether oxygens (including phenoxy) is 1. The van der Waals surface area contributed by atoms with Crippen LogP contribution in [0.5, 0.6) is 5.75 Å². The van der Waals surface area contributed by atoms with Crippen LogP contribution in [-0.2, 0) is 10.0 Å². The highest BCUT2D eigenvalue weighted by molar-refractivity contribution is 7.93. The molecule has 0 atom stereocenters. The first kappa shape index (κ1) is 26.9. The minimum Gasteiger partial charge on any atom is -0.451 e. The molecule has 2 amide bonds. The second kappa shape index (κ2) is 10.5. The molecule has 0 radical (unpaired) electrons. The molecule has 2 aromatic heterocycles. The fraction of sp³-hybridized carbons (Fsp3) is 0.200. The SMILES string of the molecule is O=C(c1ccc(NS(=O)(=O)c2cccc3cccnc23)c(OC(F)(F)F)c1)N1CCN(C(=O)c2cocn2)CC1. The number of piperazine rings is 1. The summed E-state index contributed by atoms with van der Waals surface area (Å²) in [6.45, 7) is 0.557. The quantitative estimate of drug-likeness (QED) is 0.369. The molecule has 0 bridgehead atoms. The standard InChI is InChI=1S/C25H20F3N5O6S/c26-25(27,28)39-20-13-17(23(34)32-9-11-33(12-10-32)24(35)19-14-38-15-30-19)6-7-18(20)31-40(36,37)21-5-1-3-16-4-2-8-29-22(16)21/h1-8,13-15,31H,9-12H2. The van der Waals surface area contributed by atoms with E-state index < -0.39 is 33.7 Å². The lowest BCUT2D eigenvalue weighted by atomic mass is 10.1. The highest BCUT2D eigenvalue weighted by Crippen LogP contribution is 2.34. The number of alkyl halides is 3. The van der Waals surface area contributed by atoms with Crippen LogP contribution in [0.15, 0.2) is 76.7 Å². The Balaban J connectivity index is 1.37. The molecule has 208 valence electrons. The second-order valence-electron chi connectivity index (χ2n) is 8.65. The summed E-state index contributed by atoms with van der Waals surface area (Å²) >= 11 is 0. The molecule has 3 heterocycles. The van der Waals surface area contributed by atoms with Crippen molar-refractivity contribution in [1.82, 2.24) is 19.8 Å². The lowest BCUT2D eigenvalue weighted by Gasteiger charge is -2.34. The Hall–Kier alpha value is -4.66. The molecule has 5 rings (SSSR count). The van der Waals surface area contributed by atoms with E-state index in [9.17, 15) is 31.2 Å². The summed E-state index contributed by atoms with van der Waals surface area (Å²) in [6.07, 6.45) is -1.45. The predicted molar refractivity (Wildman–Crippen MR) is 134 cm³/mol. The van der Waals surface area contributed by atoms with Crippen molar-refractivity contribution in [2.45, 2.75) is 11.3 Å². The minimum atomic E-state index is -5.17. The largest absolute Gasteiger partial charge is 0.573 e. The fourth-order valence-electron chi connectivity index (χ4n) is 4.22. The normalized spacial score (nSPS) is 14.3. The van der Waals surface area contributed by atoms with Crippen LogP contribution in [0, 0.1) is 0 Å². The molecule has 4 aromatic rings. The van der Waals surface area contributed by atoms with E-state index in [0.29, 0.717) is 5.39 Å². The van der Waals surface area contributed by atoms with Crippen molar-refractivity contribution in [3.8, 4) is 5.75 Å². The Bertz CT molecular complexity index is 1660. The monoisotopic (exact) mass is 575 g/mol. The summed E-state index contributed by atoms with van der Waals surface area (Å²) in [5.41, 5.74) is -0.440. The number of nitrogens with one attached hydrogen (secondary N) is 1. The van der Waals surface area contributed by atoms with Gasteiger partial charge >= 0.3 is 6.36 Å². The number of nitrogens with zero attached hydrogens (tertiary/aromatic N) is 4. The van der Waals surface area contributed by atoms with E-state index in [-0.39, 0.29) is 53.8 Å². The summed E-state index contributed by atoms with van der Waals surface area (Å²) in [5, 5.41) is 0.515. The maximum absolute atomic E-state index is 13.3. The van der Waals surface area contributed by atoms with Crippen LogP contribution < -0.4 is 9.46 Å². The summed E-state index contributed by atoms with van der Waals surface area (Å²) in [7, 11) is -4.41. The van der Waals surface area contributed by atoms with Crippen molar-refractivity contribution in [2.75, 3.05) is 30.9 Å². The first-order valence-electron chi connectivity index (χ1n) is 11.7. The molecule has 0 unspecified atom stereocenters. The van der Waals surface area contributed by atoms with Gasteiger partial charge in [0.15, 0.2) is 17.8 Å². The van der Waals surface area contributed by atoms with Crippen LogP contribution in [-0.4, -0.2) is 72.5 Å². The zero-order valence-electron chi connectivity index (χ0n) is 20.5. The lowest BCUT2D eigenvalue weighted by molar-refractivity contribution is -0.274. The van der Waals surface area contributed by atoms with E-state index in [2.05, 4.69) is 19.4 Å². The number of hydrogen-bond acceptors (Lipinski definition) is 8. The van der Waals surface area contributed by atoms with Gasteiger partial charge in [0.2, 0.25) is 0 Å². The number of amides is 2. The average molecular weight is 576 g/mol. The van der Waals surface area contributed by atoms with Gasteiger partial charge in [0.1, 0.15) is 11.2 Å². The zero-order valence-corrected chi connectivity index (χ0v) is 21.3. The number of benzene rings is 2. The first-order valence-corrected chi connectivity index (χ1v) is 13.2. The molecule has 1 fully saturated rings. The molecule has 40 heavy (non-hydrogen) atoms. The van der Waals surface area contributed by atoms with Crippen molar-refractivity contribution < 1.29 is 40.3 Å². The van der Waals surface area contributed by atoms with Gasteiger partial charge in [-0.05, 0) is 30.3 Å². The van der Waals surface area contributed by atoms with Crippen molar-refractivity contribution in [2.24, 2.45) is 0 Å². The van der Waals surface area contributed by atoms with Crippen LogP contribution in [0.1, 0.15) is 20.8 Å². The maximum atomic E-state index is 13.3. The molecule has 15 heteroatoms. The number of carbonyl (C=O) groups is 2. The Labute approximate surface area is 225 Å². The van der Waals surface area contributed by atoms with Gasteiger partial charge in [0.05, 0.1) is 11.2 Å². The highest BCUT2D eigenvalue weighted by atomic mass is 32.2. The third kappa shape index (κ3) is 5.68. The summed E-state index contributed by atoms with van der Waals surface area (Å²) in [5.74, 6) is -1.90. The number of fused-ring (bicyclic) bond motifs is 1. The lowest BCUT2D eigenvalue weighted by Crippen LogP contribution is -2.50. The van der Waals surface area contributed by atoms with Gasteiger partial charge in [-0.1, -0.05) is 18.2 Å². The van der Waals surface area contributed by atoms with Gasteiger partial charge in [0.25, 0.3) is 21.8 Å². The topological polar surface area (TPSA) is 135 Å². The third-order valence-corrected chi connectivity index (χ3v) is 7.49. The van der Waals surface area contributed by atoms with Crippen molar-refractivity contribution in [3.05, 3.63) is 78.6 Å². The number of carbonyl (C=O) groups excluding carboxylic acids is 2. The number of sulfonamides is 1. The van der Waals surface area contributed by atoms with Gasteiger partial charge in [-0.25, -0.2) is 13.4 Å². The smallest absolute Gasteiger partial charge is 0.451 e. The molecule has 0 saturated carbocycles. The Morgan fingerprint density at radius 1 is 0.950 bits per heavy atom. The van der Waals surface area contributed by atoms with E-state index in [4.69, 9.17) is 4.42 Å². The van der Waals surface area contributed by atoms with E-state index in [1.165, 1.54) is 40.5 Å². The molecular formula is C25H20F3N5O6S. The molecule has 1 aliphatic heterocycles. The number of para-hydroxylation sites is 1. The number of pyridine rings is 1. The molecule has 1 saturated heterocycles. The minimum absolute atomic E-state index is 0.111. The number of anilines is 1. The predicted octanol–water partition coefficient (Wildman–Crippen LogP) is 3.52. The van der Waals surface area contributed by atoms with E-state index in [1.807, 2.05) is 0 Å². The summed E-state index contributed by atoms with van der Waals surface area (Å²) in [4.78, 5) is 36.0. The number of hydrogen-bond donors (Lipinski definition) is 1. The van der Waals surface area contributed by atoms with E-state index in [0.717, 1.165) is 18.5 Å². The Kier molecular flexibility index (Phi) is 7.06. The molecular weight excluding hydrogens is 555 g/mol. The molecule has 1 aliphatic rings. The van der Waals surface area contributed by atoms with Gasteiger partial charge in [-0.2, -0.15) is 0 Å². The summed E-state index contributed by atoms with van der Waals surface area (Å²) < 4.78 is 77.1. The van der Waals surface area contributed by atoms with Crippen molar-refractivity contribution in [3.63, 3.8) is 0 Å². The van der Waals surface area contributed by atoms with Crippen LogP contribution >= 0.6 is 0 Å². The van der Waals surface area contributed by atoms with Crippen molar-refractivity contribution in [1.29, 1.82) is 0 Å². The zero-order chi connectivity index (χ0) is 28.5. The van der Waals surface area contributed by atoms with Crippen LogP contribution in [0.4, 0.5) is 18.9 Å². The average Bonchev–Trinajstić information content (AvgIpc) is 3.47. The molecule has 2 aromatic carbocycles. The Morgan fingerprint density at radius 2 is 1.65 bits per heavy atom. The van der Waals surface area contributed by atoms with E-state index >= 15 is 0 Å². The first-order chi connectivity index (χ1) is 19.0. The Morgan fingerprint density at radius 3 is 2.33 bits per heavy atom. The number of aromatic nitrogens is 2. The molecule has 11 nitrogen and oxygen atoms in total. The van der Waals surface area contributed by atoms with Crippen molar-refractivity contribution >= 4 is 38.4 Å². The van der Waals surface area contributed by atoms with Crippen LogP contribution in [0.3, 0.4) is 0 Å². The maximum Gasteiger partial charge on any atom is 0.573 e. The molecule has 0 aliphatic carbocycles. The van der Waals surface area contributed by atoms with Gasteiger partial charge in [0, 0.05) is 43.3 Å². The van der Waals surface area contributed by atoms with Crippen LogP contribution in [0.2, 0.25) is 0 Å². The second-order valence-corrected chi connectivity index (χ2v) is 10.3. The van der Waals surface area contributed by atoms with Gasteiger partial charge < -0.3 is 19.0 Å². The highest BCUT2D eigenvalue weighted by Gasteiger charge is 2.34. The third-order valence-electron chi connectivity index (χ3n) is 6.09. The fourth-order valence-corrected chi connectivity index (χ4v) is 5.47. The van der Waals surface area contributed by atoms with E-state index in [1.54, 1.807) is 18.2 Å². The van der Waals surface area contributed by atoms with Gasteiger partial charge in [-0.3, -0.25) is 19.3 Å². The number of oxazole rings is 1. The number of rotatable bonds is 6. The van der Waals surface area contributed by atoms with Crippen LogP contribution in [0.25, 0.3) is 10.9 Å². The summed E-state index contributed by atoms with van der Waals surface area (Å²) in [6, 6.07) is 10.7. The molecule has 1 N–H and O–H groups in total.